The molecule has 0 saturated heterocycles. The molecular weight excluding hydrogens is 399 g/mol. The first-order valence-corrected chi connectivity index (χ1v) is 8.44. The quantitative estimate of drug-likeness (QED) is 0.664. The van der Waals surface area contributed by atoms with Crippen molar-refractivity contribution in [3.8, 4) is 0 Å². The third-order valence-electron chi connectivity index (χ3n) is 3.76. The fraction of sp³-hybridized carbons (Fsp3) is 0.222. The number of halogens is 4. The van der Waals surface area contributed by atoms with E-state index in [-0.39, 0.29) is 35.6 Å². The van der Waals surface area contributed by atoms with Gasteiger partial charge in [-0.3, -0.25) is 4.79 Å². The molecule has 0 spiro atoms. The Labute approximate surface area is 161 Å². The Balaban J connectivity index is 1.73. The smallest absolute Gasteiger partial charge is 0.422 e. The number of hydrogen-bond donors (Lipinski definition) is 1. The lowest BCUT2D eigenvalue weighted by atomic mass is 10.2. The third-order valence-corrected chi connectivity index (χ3v) is 4.00. The van der Waals surface area contributed by atoms with Crippen molar-refractivity contribution in [2.45, 2.75) is 19.5 Å². The second-order valence-electron chi connectivity index (χ2n) is 5.94. The summed E-state index contributed by atoms with van der Waals surface area (Å²) in [5, 5.41) is 3.33. The molecule has 0 aliphatic carbocycles. The Morgan fingerprint density at radius 2 is 1.96 bits per heavy atom. The third kappa shape index (κ3) is 4.48. The van der Waals surface area contributed by atoms with E-state index >= 15 is 0 Å². The highest BCUT2D eigenvalue weighted by Gasteiger charge is 2.33. The van der Waals surface area contributed by atoms with E-state index in [1.165, 1.54) is 25.1 Å². The molecule has 1 aromatic carbocycles. The van der Waals surface area contributed by atoms with Gasteiger partial charge in [0.15, 0.2) is 0 Å². The van der Waals surface area contributed by atoms with Crippen molar-refractivity contribution < 1.29 is 22.4 Å². The van der Waals surface area contributed by atoms with Crippen LogP contribution in [-0.2, 0) is 12.6 Å². The fourth-order valence-electron chi connectivity index (χ4n) is 2.52. The van der Waals surface area contributed by atoms with Crippen molar-refractivity contribution in [3.63, 3.8) is 0 Å². The van der Waals surface area contributed by atoms with E-state index < -0.39 is 23.4 Å². The molecule has 1 N–H and O–H groups in total. The molecule has 10 heteroatoms. The number of carbonyl (C=O) groups excluding carboxylic acids is 1. The molecule has 0 bridgehead atoms. The summed E-state index contributed by atoms with van der Waals surface area (Å²) in [6, 6.07) is 6.77. The van der Waals surface area contributed by atoms with Gasteiger partial charge < -0.3 is 9.73 Å². The number of amides is 1. The molecule has 1 amide bonds. The number of hydrogen-bond acceptors (Lipinski definition) is 5. The van der Waals surface area contributed by atoms with Crippen LogP contribution in [0.1, 0.15) is 27.6 Å². The number of aromatic nitrogens is 2. The highest BCUT2D eigenvalue weighted by molar-refractivity contribution is 6.31. The number of nitrogens with zero attached hydrogens (tertiary/aromatic N) is 2. The minimum Gasteiger partial charge on any atom is -0.422 e. The molecule has 0 aliphatic heterocycles. The Morgan fingerprint density at radius 1 is 1.21 bits per heavy atom. The molecule has 0 saturated carbocycles. The van der Waals surface area contributed by atoms with Gasteiger partial charge in [-0.2, -0.15) is 13.2 Å². The SMILES string of the molecule is Cc1cc(C(F)(F)F)nc(CCNC(=O)c2cc3cc(Cl)ccc3oc2=O)n1. The molecule has 3 rings (SSSR count). The van der Waals surface area contributed by atoms with E-state index in [1.54, 1.807) is 6.07 Å². The van der Waals surface area contributed by atoms with Crippen molar-refractivity contribution in [1.29, 1.82) is 0 Å². The van der Waals surface area contributed by atoms with Crippen LogP contribution in [0.25, 0.3) is 11.0 Å². The predicted octanol–water partition coefficient (Wildman–Crippen LogP) is 3.54. The summed E-state index contributed by atoms with van der Waals surface area (Å²) in [5.41, 5.74) is -1.68. The minimum absolute atomic E-state index is 0.0404. The molecule has 0 unspecified atom stereocenters. The molecule has 0 radical (unpaired) electrons. The van der Waals surface area contributed by atoms with Gasteiger partial charge in [0.25, 0.3) is 5.91 Å². The van der Waals surface area contributed by atoms with Crippen LogP contribution in [0, 0.1) is 6.92 Å². The van der Waals surface area contributed by atoms with Crippen molar-refractivity contribution in [2.75, 3.05) is 6.54 Å². The molecule has 0 aliphatic rings. The molecular formula is C18H13ClF3N3O3. The Kier molecular flexibility index (Phi) is 5.37. The zero-order valence-corrected chi connectivity index (χ0v) is 15.2. The average molecular weight is 412 g/mol. The van der Waals surface area contributed by atoms with Gasteiger partial charge in [0, 0.05) is 29.1 Å². The number of benzene rings is 1. The predicted molar refractivity (Wildman–Crippen MR) is 95.3 cm³/mol. The number of aryl methyl sites for hydroxylation is 1. The maximum absolute atomic E-state index is 12.8. The fourth-order valence-corrected chi connectivity index (χ4v) is 2.70. The lowest BCUT2D eigenvalue weighted by Crippen LogP contribution is -2.30. The van der Waals surface area contributed by atoms with Gasteiger partial charge in [-0.15, -0.1) is 0 Å². The highest BCUT2D eigenvalue weighted by atomic mass is 35.5. The second kappa shape index (κ2) is 7.59. The van der Waals surface area contributed by atoms with Crippen molar-refractivity contribution >= 4 is 28.5 Å². The topological polar surface area (TPSA) is 85.1 Å². The van der Waals surface area contributed by atoms with Gasteiger partial charge in [-0.1, -0.05) is 11.6 Å². The molecule has 2 aromatic heterocycles. The van der Waals surface area contributed by atoms with E-state index in [0.29, 0.717) is 10.4 Å². The number of carbonyl (C=O) groups is 1. The van der Waals surface area contributed by atoms with Gasteiger partial charge in [-0.25, -0.2) is 14.8 Å². The van der Waals surface area contributed by atoms with Crippen molar-refractivity contribution in [2.24, 2.45) is 0 Å². The summed E-state index contributed by atoms with van der Waals surface area (Å²) in [7, 11) is 0. The first-order valence-electron chi connectivity index (χ1n) is 8.07. The Bertz CT molecular complexity index is 1110. The largest absolute Gasteiger partial charge is 0.433 e. The average Bonchev–Trinajstić information content (AvgIpc) is 2.60. The lowest BCUT2D eigenvalue weighted by molar-refractivity contribution is -0.141. The van der Waals surface area contributed by atoms with Crippen LogP contribution in [0.3, 0.4) is 0 Å². The van der Waals surface area contributed by atoms with E-state index in [9.17, 15) is 22.8 Å². The van der Waals surface area contributed by atoms with Crippen LogP contribution in [0.4, 0.5) is 13.2 Å². The number of rotatable bonds is 4. The molecule has 3 aromatic rings. The molecule has 0 atom stereocenters. The number of nitrogens with one attached hydrogen (secondary N) is 1. The number of fused-ring (bicyclic) bond motifs is 1. The van der Waals surface area contributed by atoms with Crippen molar-refractivity contribution in [3.05, 3.63) is 68.6 Å². The monoisotopic (exact) mass is 411 g/mol. The normalized spacial score (nSPS) is 11.6. The van der Waals surface area contributed by atoms with Crippen LogP contribution < -0.4 is 10.9 Å². The summed E-state index contributed by atoms with van der Waals surface area (Å²) >= 11 is 5.89. The van der Waals surface area contributed by atoms with Crippen LogP contribution in [0.2, 0.25) is 5.02 Å². The summed E-state index contributed by atoms with van der Waals surface area (Å²) in [6.45, 7) is 1.36. The summed E-state index contributed by atoms with van der Waals surface area (Å²) in [4.78, 5) is 31.6. The van der Waals surface area contributed by atoms with Crippen LogP contribution in [0.5, 0.6) is 0 Å². The van der Waals surface area contributed by atoms with Crippen molar-refractivity contribution in [1.82, 2.24) is 15.3 Å². The summed E-state index contributed by atoms with van der Waals surface area (Å²) in [6.07, 6.45) is -4.63. The minimum atomic E-state index is -4.59. The Morgan fingerprint density at radius 3 is 2.68 bits per heavy atom. The first-order chi connectivity index (χ1) is 13.1. The molecule has 28 heavy (non-hydrogen) atoms. The maximum Gasteiger partial charge on any atom is 0.433 e. The van der Waals surface area contributed by atoms with E-state index in [0.717, 1.165) is 6.07 Å². The zero-order chi connectivity index (χ0) is 20.5. The number of alkyl halides is 3. The molecule has 146 valence electrons. The van der Waals surface area contributed by atoms with E-state index in [4.69, 9.17) is 16.0 Å². The van der Waals surface area contributed by atoms with Crippen LogP contribution >= 0.6 is 11.6 Å². The zero-order valence-electron chi connectivity index (χ0n) is 14.4. The van der Waals surface area contributed by atoms with E-state index in [2.05, 4.69) is 15.3 Å². The van der Waals surface area contributed by atoms with Crippen LogP contribution in [0.15, 0.2) is 39.5 Å². The van der Waals surface area contributed by atoms with Crippen LogP contribution in [-0.4, -0.2) is 22.4 Å². The van der Waals surface area contributed by atoms with Gasteiger partial charge in [0.05, 0.1) is 0 Å². The van der Waals surface area contributed by atoms with Gasteiger partial charge >= 0.3 is 11.8 Å². The van der Waals surface area contributed by atoms with Gasteiger partial charge in [0.1, 0.15) is 22.7 Å². The summed E-state index contributed by atoms with van der Waals surface area (Å²) < 4.78 is 43.5. The molecule has 0 fully saturated rings. The maximum atomic E-state index is 12.8. The van der Waals surface area contributed by atoms with Gasteiger partial charge in [-0.05, 0) is 37.3 Å². The lowest BCUT2D eigenvalue weighted by Gasteiger charge is -2.09. The Hall–Kier alpha value is -2.94. The molecule has 6 nitrogen and oxygen atoms in total. The standard InChI is InChI=1S/C18H13ClF3N3O3/c1-9-6-14(18(20,21)22)25-15(24-9)4-5-23-16(26)12-8-10-7-11(19)2-3-13(10)28-17(12)27/h2-3,6-8H,4-5H2,1H3,(H,23,26). The second-order valence-corrected chi connectivity index (χ2v) is 6.38. The van der Waals surface area contributed by atoms with E-state index in [1.807, 2.05) is 0 Å². The highest BCUT2D eigenvalue weighted by Crippen LogP contribution is 2.27. The molecule has 2 heterocycles. The van der Waals surface area contributed by atoms with Gasteiger partial charge in [0.2, 0.25) is 0 Å². The summed E-state index contributed by atoms with van der Waals surface area (Å²) in [5.74, 6) is -0.788. The first kappa shape index (κ1) is 19.8.